The lowest BCUT2D eigenvalue weighted by Crippen LogP contribution is -2.37. The highest BCUT2D eigenvalue weighted by Crippen LogP contribution is 2.62. The van der Waals surface area contributed by atoms with E-state index in [0.717, 1.165) is 22.4 Å². The Morgan fingerprint density at radius 3 is 2.58 bits per heavy atom. The van der Waals surface area contributed by atoms with E-state index in [1.807, 2.05) is 30.3 Å². The van der Waals surface area contributed by atoms with Gasteiger partial charge in [0.1, 0.15) is 11.5 Å². The minimum absolute atomic E-state index is 0.00235. The van der Waals surface area contributed by atoms with E-state index < -0.39 is 17.5 Å². The zero-order valence-corrected chi connectivity index (χ0v) is 22.2. The molecule has 2 amide bonds. The van der Waals surface area contributed by atoms with Crippen LogP contribution in [0, 0.1) is 23.2 Å². The molecule has 40 heavy (non-hydrogen) atoms. The number of amides is 2. The second-order valence-electron chi connectivity index (χ2n) is 10.7. The highest BCUT2D eigenvalue weighted by atomic mass is 16.6. The second-order valence-corrected chi connectivity index (χ2v) is 10.7. The first-order valence-electron chi connectivity index (χ1n) is 13.3. The molecule has 0 N–H and O–H groups in total. The summed E-state index contributed by atoms with van der Waals surface area (Å²) in [7, 11) is 1.34. The monoisotopic (exact) mass is 544 g/mol. The number of likely N-dealkylation sites (tertiary alicyclic amines) is 1. The van der Waals surface area contributed by atoms with Crippen molar-refractivity contribution in [2.75, 3.05) is 31.7 Å². The van der Waals surface area contributed by atoms with Gasteiger partial charge in [-0.15, -0.1) is 0 Å². The van der Waals surface area contributed by atoms with Crippen LogP contribution in [0.25, 0.3) is 11.1 Å². The molecule has 3 fully saturated rings. The first kappa shape index (κ1) is 25.8. The van der Waals surface area contributed by atoms with Gasteiger partial charge in [0.2, 0.25) is 0 Å². The molecule has 0 bridgehead atoms. The van der Waals surface area contributed by atoms with Crippen LogP contribution in [0.4, 0.5) is 10.5 Å². The molecule has 2 saturated heterocycles. The third kappa shape index (κ3) is 4.06. The topological polar surface area (TPSA) is 139 Å². The number of aromatic nitrogens is 1. The molecule has 1 aromatic carbocycles. The van der Waals surface area contributed by atoms with Crippen LogP contribution >= 0.6 is 0 Å². The van der Waals surface area contributed by atoms with Crippen molar-refractivity contribution in [3.63, 3.8) is 0 Å². The van der Waals surface area contributed by atoms with Gasteiger partial charge in [0.15, 0.2) is 6.61 Å². The first-order valence-corrected chi connectivity index (χ1v) is 13.3. The van der Waals surface area contributed by atoms with Gasteiger partial charge in [0, 0.05) is 50.0 Å². The maximum absolute atomic E-state index is 12.6. The zero-order chi connectivity index (χ0) is 28.2. The molecular weight excluding hydrogens is 516 g/mol. The molecule has 1 aromatic heterocycles. The van der Waals surface area contributed by atoms with E-state index in [1.165, 1.54) is 14.0 Å². The fourth-order valence-corrected chi connectivity index (χ4v) is 6.57. The van der Waals surface area contributed by atoms with E-state index in [0.29, 0.717) is 31.6 Å². The molecule has 1 saturated carbocycles. The average Bonchev–Trinajstić information content (AvgIpc) is 3.32. The van der Waals surface area contributed by atoms with E-state index in [-0.39, 0.29) is 48.9 Å². The first-order chi connectivity index (χ1) is 19.3. The Balaban J connectivity index is 1.14. The number of carbonyl (C=O) groups excluding carboxylic acids is 4. The van der Waals surface area contributed by atoms with Crippen molar-refractivity contribution in [3.05, 3.63) is 47.8 Å². The summed E-state index contributed by atoms with van der Waals surface area (Å²) in [5.41, 5.74) is 3.64. The molecule has 11 nitrogen and oxygen atoms in total. The van der Waals surface area contributed by atoms with Gasteiger partial charge in [-0.25, -0.2) is 4.79 Å². The van der Waals surface area contributed by atoms with E-state index in [4.69, 9.17) is 14.2 Å². The largest absolute Gasteiger partial charge is 0.469 e. The summed E-state index contributed by atoms with van der Waals surface area (Å²) in [6.07, 6.45) is 2.20. The predicted octanol–water partition coefficient (Wildman–Crippen LogP) is 2.36. The molecule has 1 aliphatic carbocycles. The molecule has 0 radical (unpaired) electrons. The van der Waals surface area contributed by atoms with E-state index >= 15 is 0 Å². The highest BCUT2D eigenvalue weighted by molar-refractivity contribution is 5.94. The molecule has 6 rings (SSSR count). The Morgan fingerprint density at radius 2 is 1.93 bits per heavy atom. The van der Waals surface area contributed by atoms with Crippen molar-refractivity contribution in [1.29, 1.82) is 5.26 Å². The Hall–Kier alpha value is -4.46. The molecule has 4 aliphatic rings. The lowest BCUT2D eigenvalue weighted by molar-refractivity contribution is -0.150. The third-order valence-corrected chi connectivity index (χ3v) is 8.68. The Bertz CT molecular complexity index is 1440. The number of rotatable bonds is 7. The van der Waals surface area contributed by atoms with Crippen LogP contribution < -0.4 is 4.90 Å². The van der Waals surface area contributed by atoms with Crippen molar-refractivity contribution < 1.29 is 33.4 Å². The van der Waals surface area contributed by atoms with Gasteiger partial charge >= 0.3 is 18.0 Å². The minimum atomic E-state index is -0.723. The van der Waals surface area contributed by atoms with E-state index in [1.54, 1.807) is 16.0 Å². The number of methoxy groups -OCH3 is 1. The highest BCUT2D eigenvalue weighted by Gasteiger charge is 2.71. The standard InChI is InChI=1S/C29H28N4O7/c1-16(34)39-14-26(35)32-12-20-21(13-32)29(20,15-30)25-7-4-18(11-31-25)17-3-5-22-19(9-17)10-23-24(6-8-27(36)38-2)40-28(37)33(22)23/h3-5,7,9,11,20-21,23-24H,6,8,10,12-14H2,1-2H3/t20-,21+,23-,24-,29?/m0/s1. The molecule has 0 spiro atoms. The third-order valence-electron chi connectivity index (χ3n) is 8.68. The zero-order valence-electron chi connectivity index (χ0n) is 22.2. The molecular formula is C29H28N4O7. The SMILES string of the molecule is COC(=O)CC[C@@H]1OC(=O)N2c3ccc(-c4ccc(C5(C#N)[C@@H]6CN(C(=O)COC(C)=O)C[C@@H]65)nc4)cc3C[C@@H]12. The van der Waals surface area contributed by atoms with Crippen molar-refractivity contribution >= 4 is 29.6 Å². The lowest BCUT2D eigenvalue weighted by Gasteiger charge is -2.22. The van der Waals surface area contributed by atoms with Gasteiger partial charge in [-0.1, -0.05) is 12.1 Å². The fraction of sp³-hybridized carbons (Fsp3) is 0.448. The number of cyclic esters (lactones) is 1. The molecule has 3 aliphatic heterocycles. The number of anilines is 1. The predicted molar refractivity (Wildman–Crippen MR) is 139 cm³/mol. The number of benzene rings is 1. The molecule has 206 valence electrons. The number of nitrogens with zero attached hydrogens (tertiary/aromatic N) is 4. The summed E-state index contributed by atoms with van der Waals surface area (Å²) in [4.78, 5) is 55.5. The minimum Gasteiger partial charge on any atom is -0.469 e. The number of fused-ring (bicyclic) bond motifs is 4. The Kier molecular flexibility index (Phi) is 6.21. The molecule has 4 heterocycles. The number of hydrogen-bond donors (Lipinski definition) is 0. The average molecular weight is 545 g/mol. The number of hydrogen-bond acceptors (Lipinski definition) is 9. The van der Waals surface area contributed by atoms with E-state index in [2.05, 4.69) is 11.1 Å². The summed E-state index contributed by atoms with van der Waals surface area (Å²) in [6, 6.07) is 12.0. The van der Waals surface area contributed by atoms with Crippen molar-refractivity contribution in [1.82, 2.24) is 9.88 Å². The smallest absolute Gasteiger partial charge is 0.415 e. The van der Waals surface area contributed by atoms with Crippen LogP contribution in [-0.4, -0.2) is 72.8 Å². The van der Waals surface area contributed by atoms with Crippen LogP contribution in [0.5, 0.6) is 0 Å². The number of pyridine rings is 1. The van der Waals surface area contributed by atoms with E-state index in [9.17, 15) is 24.4 Å². The van der Waals surface area contributed by atoms with Crippen molar-refractivity contribution in [2.24, 2.45) is 11.8 Å². The van der Waals surface area contributed by atoms with Crippen LogP contribution in [0.2, 0.25) is 0 Å². The summed E-state index contributed by atoms with van der Waals surface area (Å²) >= 11 is 0. The number of nitriles is 1. The maximum atomic E-state index is 12.6. The van der Waals surface area contributed by atoms with Gasteiger partial charge in [0.05, 0.1) is 30.6 Å². The normalized spacial score (nSPS) is 27.3. The van der Waals surface area contributed by atoms with Gasteiger partial charge in [-0.05, 0) is 42.2 Å². The summed E-state index contributed by atoms with van der Waals surface area (Å²) in [5, 5.41) is 10.1. The lowest BCUT2D eigenvalue weighted by atomic mass is 9.95. The quantitative estimate of drug-likeness (QED) is 0.380. The molecule has 2 aromatic rings. The molecule has 5 atom stereocenters. The van der Waals surface area contributed by atoms with Crippen LogP contribution in [0.1, 0.15) is 31.0 Å². The number of esters is 2. The second kappa shape index (κ2) is 9.62. The van der Waals surface area contributed by atoms with Gasteiger partial charge < -0.3 is 19.1 Å². The summed E-state index contributed by atoms with van der Waals surface area (Å²) < 4.78 is 15.1. The Labute approximate surface area is 230 Å². The van der Waals surface area contributed by atoms with Crippen LogP contribution in [0.15, 0.2) is 36.5 Å². The summed E-state index contributed by atoms with van der Waals surface area (Å²) in [5.74, 6) is -1.09. The maximum Gasteiger partial charge on any atom is 0.415 e. The van der Waals surface area contributed by atoms with Gasteiger partial charge in [0.25, 0.3) is 5.91 Å². The number of piperidine rings is 1. The Morgan fingerprint density at radius 1 is 1.18 bits per heavy atom. The molecule has 11 heteroatoms. The van der Waals surface area contributed by atoms with Crippen LogP contribution in [0.3, 0.4) is 0 Å². The van der Waals surface area contributed by atoms with Crippen LogP contribution in [-0.2, 0) is 40.4 Å². The summed E-state index contributed by atoms with van der Waals surface area (Å²) in [6.45, 7) is 1.86. The molecule has 1 unspecified atom stereocenters. The van der Waals surface area contributed by atoms with Crippen molar-refractivity contribution in [3.8, 4) is 17.2 Å². The number of carbonyl (C=O) groups is 4. The van der Waals surface area contributed by atoms with Gasteiger partial charge in [-0.3, -0.25) is 24.3 Å². The van der Waals surface area contributed by atoms with Gasteiger partial charge in [-0.2, -0.15) is 5.26 Å². The fourth-order valence-electron chi connectivity index (χ4n) is 6.57. The van der Waals surface area contributed by atoms with Crippen molar-refractivity contribution in [2.45, 2.75) is 43.7 Å². The number of ether oxygens (including phenoxy) is 3.